The molecule has 0 aromatic carbocycles. The number of nitrogens with one attached hydrogen (secondary N) is 2. The SMILES string of the molecule is C=C.C=CC.CCN/N=C(\CNC(=O)C1C=NN(C)C(C)=C1)C(C)=O. The molecule has 1 aliphatic heterocycles. The molecule has 140 valence electrons. The Morgan fingerprint density at radius 2 is 2.00 bits per heavy atom. The summed E-state index contributed by atoms with van der Waals surface area (Å²) in [5.41, 5.74) is 3.92. The van der Waals surface area contributed by atoms with Crippen LogP contribution in [0.15, 0.2) is 47.8 Å². The summed E-state index contributed by atoms with van der Waals surface area (Å²) < 4.78 is 0. The zero-order chi connectivity index (χ0) is 19.8. The highest BCUT2D eigenvalue weighted by Crippen LogP contribution is 2.11. The van der Waals surface area contributed by atoms with Crippen LogP contribution in [0, 0.1) is 5.92 Å². The molecule has 0 aliphatic carbocycles. The van der Waals surface area contributed by atoms with Crippen LogP contribution in [0.5, 0.6) is 0 Å². The zero-order valence-corrected chi connectivity index (χ0v) is 16.0. The molecule has 0 saturated heterocycles. The second-order valence-corrected chi connectivity index (χ2v) is 4.87. The molecule has 0 aromatic heterocycles. The van der Waals surface area contributed by atoms with E-state index in [4.69, 9.17) is 0 Å². The maximum absolute atomic E-state index is 12.0. The van der Waals surface area contributed by atoms with Gasteiger partial charge in [-0.1, -0.05) is 6.08 Å². The van der Waals surface area contributed by atoms with E-state index < -0.39 is 5.92 Å². The molecule has 1 unspecified atom stereocenters. The third kappa shape index (κ3) is 10.6. The summed E-state index contributed by atoms with van der Waals surface area (Å²) in [5, 5.41) is 12.4. The normalized spacial score (nSPS) is 15.6. The van der Waals surface area contributed by atoms with Gasteiger partial charge >= 0.3 is 0 Å². The highest BCUT2D eigenvalue weighted by molar-refractivity contribution is 6.40. The number of carbonyl (C=O) groups excluding carboxylic acids is 2. The van der Waals surface area contributed by atoms with Crippen molar-refractivity contribution in [3.63, 3.8) is 0 Å². The molecule has 7 nitrogen and oxygen atoms in total. The lowest BCUT2D eigenvalue weighted by Gasteiger charge is -2.21. The van der Waals surface area contributed by atoms with Gasteiger partial charge in [0.05, 0.1) is 12.5 Å². The van der Waals surface area contributed by atoms with E-state index in [1.54, 1.807) is 17.3 Å². The highest BCUT2D eigenvalue weighted by atomic mass is 16.2. The number of hydrogen-bond acceptors (Lipinski definition) is 6. The van der Waals surface area contributed by atoms with Crippen molar-refractivity contribution in [2.45, 2.75) is 27.7 Å². The van der Waals surface area contributed by atoms with Gasteiger partial charge in [-0.2, -0.15) is 10.2 Å². The molecule has 2 N–H and O–H groups in total. The molecule has 0 spiro atoms. The molecule has 1 atom stereocenters. The van der Waals surface area contributed by atoms with Gasteiger partial charge in [0, 0.05) is 32.4 Å². The minimum atomic E-state index is -0.418. The molecule has 0 fully saturated rings. The molecule has 1 amide bonds. The van der Waals surface area contributed by atoms with Gasteiger partial charge < -0.3 is 10.7 Å². The van der Waals surface area contributed by atoms with Crippen molar-refractivity contribution in [2.75, 3.05) is 20.1 Å². The third-order valence-electron chi connectivity index (χ3n) is 2.84. The van der Waals surface area contributed by atoms with Crippen LogP contribution < -0.4 is 10.7 Å². The molecule has 1 rings (SSSR count). The van der Waals surface area contributed by atoms with Crippen molar-refractivity contribution >= 4 is 23.6 Å². The Balaban J connectivity index is 0. The standard InChI is InChI=1S/C13H21N5O2.C3H6.C2H4/c1-5-15-17-12(10(3)19)8-14-13(20)11-6-9(2)18(4)16-7-11;1-3-2;1-2/h6-7,11,15H,5,8H2,1-4H3,(H,14,20);3H,1H2,2H3;1-2H2/b17-12+;;. The van der Waals surface area contributed by atoms with Crippen molar-refractivity contribution in [1.29, 1.82) is 0 Å². The topological polar surface area (TPSA) is 86.2 Å². The van der Waals surface area contributed by atoms with E-state index in [2.05, 4.69) is 40.7 Å². The summed E-state index contributed by atoms with van der Waals surface area (Å²) >= 11 is 0. The second-order valence-electron chi connectivity index (χ2n) is 4.87. The fourth-order valence-electron chi connectivity index (χ4n) is 1.52. The molecule has 7 heteroatoms. The summed E-state index contributed by atoms with van der Waals surface area (Å²) in [5.74, 6) is -0.791. The summed E-state index contributed by atoms with van der Waals surface area (Å²) in [6.07, 6.45) is 5.13. The number of ketones is 1. The van der Waals surface area contributed by atoms with Gasteiger partial charge in [0.2, 0.25) is 5.91 Å². The summed E-state index contributed by atoms with van der Waals surface area (Å²) in [4.78, 5) is 23.4. The Morgan fingerprint density at radius 3 is 2.44 bits per heavy atom. The average molecular weight is 349 g/mol. The van der Waals surface area contributed by atoms with E-state index in [0.717, 1.165) is 5.70 Å². The van der Waals surface area contributed by atoms with Crippen molar-refractivity contribution in [1.82, 2.24) is 15.8 Å². The molecular weight excluding hydrogens is 318 g/mol. The van der Waals surface area contributed by atoms with E-state index in [9.17, 15) is 9.59 Å². The Morgan fingerprint density at radius 1 is 1.44 bits per heavy atom. The number of nitrogens with zero attached hydrogens (tertiary/aromatic N) is 3. The molecule has 1 heterocycles. The Bertz CT molecular complexity index is 524. The maximum atomic E-state index is 12.0. The quantitative estimate of drug-likeness (QED) is 0.437. The fourth-order valence-corrected chi connectivity index (χ4v) is 1.52. The van der Waals surface area contributed by atoms with Gasteiger partial charge in [-0.3, -0.25) is 14.6 Å². The number of allylic oxidation sites excluding steroid dienone is 2. The lowest BCUT2D eigenvalue weighted by molar-refractivity contribution is -0.121. The number of hydrogen-bond donors (Lipinski definition) is 2. The highest BCUT2D eigenvalue weighted by Gasteiger charge is 2.19. The van der Waals surface area contributed by atoms with Gasteiger partial charge in [-0.25, -0.2) is 0 Å². The van der Waals surface area contributed by atoms with E-state index in [0.29, 0.717) is 12.3 Å². The van der Waals surface area contributed by atoms with Crippen molar-refractivity contribution in [2.24, 2.45) is 16.1 Å². The molecule has 0 saturated carbocycles. The van der Waals surface area contributed by atoms with Crippen molar-refractivity contribution in [3.8, 4) is 0 Å². The van der Waals surface area contributed by atoms with Crippen LogP contribution in [0.25, 0.3) is 0 Å². The first-order chi connectivity index (χ1) is 11.9. The largest absolute Gasteiger partial charge is 0.349 e. The maximum Gasteiger partial charge on any atom is 0.232 e. The first-order valence-corrected chi connectivity index (χ1v) is 7.98. The lowest BCUT2D eigenvalue weighted by atomic mass is 10.1. The number of hydrazone groups is 2. The van der Waals surface area contributed by atoms with Gasteiger partial charge in [-0.15, -0.1) is 19.7 Å². The van der Waals surface area contributed by atoms with Crippen LogP contribution in [-0.2, 0) is 9.59 Å². The van der Waals surface area contributed by atoms with Gasteiger partial charge in [0.15, 0.2) is 5.78 Å². The lowest BCUT2D eigenvalue weighted by Crippen LogP contribution is -2.38. The smallest absolute Gasteiger partial charge is 0.232 e. The monoisotopic (exact) mass is 349 g/mol. The molecule has 1 aliphatic rings. The summed E-state index contributed by atoms with van der Waals surface area (Å²) in [6.45, 7) is 17.2. The first kappa shape index (κ1) is 24.6. The Kier molecular flexibility index (Phi) is 14.6. The summed E-state index contributed by atoms with van der Waals surface area (Å²) in [7, 11) is 1.81. The first-order valence-electron chi connectivity index (χ1n) is 7.98. The molecule has 25 heavy (non-hydrogen) atoms. The van der Waals surface area contributed by atoms with Crippen LogP contribution in [-0.4, -0.2) is 48.8 Å². The number of rotatable bonds is 6. The Hall–Kier alpha value is -2.70. The average Bonchev–Trinajstić information content (AvgIpc) is 2.59. The number of Topliss-reactive ketones (excluding diaryl/α,β-unsaturated/α-hetero) is 1. The second kappa shape index (κ2) is 14.9. The van der Waals surface area contributed by atoms with Crippen LogP contribution in [0.3, 0.4) is 0 Å². The minimum Gasteiger partial charge on any atom is -0.349 e. The van der Waals surface area contributed by atoms with Gasteiger partial charge in [0.1, 0.15) is 5.71 Å². The molecule has 0 aromatic rings. The van der Waals surface area contributed by atoms with Gasteiger partial charge in [0.25, 0.3) is 0 Å². The van der Waals surface area contributed by atoms with E-state index in [-0.39, 0.29) is 18.2 Å². The van der Waals surface area contributed by atoms with Gasteiger partial charge in [-0.05, 0) is 26.8 Å². The number of amides is 1. The molecule has 0 radical (unpaired) electrons. The fraction of sp³-hybridized carbons (Fsp3) is 0.444. The van der Waals surface area contributed by atoms with E-state index >= 15 is 0 Å². The summed E-state index contributed by atoms with van der Waals surface area (Å²) in [6, 6.07) is 0. The molecular formula is C18H31N5O2. The minimum absolute atomic E-state index is 0.105. The predicted molar refractivity (Wildman–Crippen MR) is 105 cm³/mol. The van der Waals surface area contributed by atoms with Crippen LogP contribution in [0.2, 0.25) is 0 Å². The Labute approximate surface area is 151 Å². The number of carbonyl (C=O) groups is 2. The van der Waals surface area contributed by atoms with Crippen LogP contribution >= 0.6 is 0 Å². The van der Waals surface area contributed by atoms with E-state index in [1.165, 1.54) is 6.92 Å². The van der Waals surface area contributed by atoms with Crippen molar-refractivity contribution in [3.05, 3.63) is 37.6 Å². The predicted octanol–water partition coefficient (Wildman–Crippen LogP) is 2.10. The van der Waals surface area contributed by atoms with Crippen molar-refractivity contribution < 1.29 is 9.59 Å². The zero-order valence-electron chi connectivity index (χ0n) is 16.0. The van der Waals surface area contributed by atoms with Crippen LogP contribution in [0.1, 0.15) is 27.7 Å². The third-order valence-corrected chi connectivity index (χ3v) is 2.84. The van der Waals surface area contributed by atoms with Crippen LogP contribution in [0.4, 0.5) is 0 Å². The van der Waals surface area contributed by atoms with E-state index in [1.807, 2.05) is 33.9 Å². The molecule has 0 bridgehead atoms.